The lowest BCUT2D eigenvalue weighted by atomic mass is 9.89. The summed E-state index contributed by atoms with van der Waals surface area (Å²) in [5.41, 5.74) is -0.571. The van der Waals surface area contributed by atoms with Crippen LogP contribution in [0.3, 0.4) is 0 Å². The highest BCUT2D eigenvalue weighted by Crippen LogP contribution is 2.25. The van der Waals surface area contributed by atoms with Crippen LogP contribution >= 0.6 is 0 Å². The van der Waals surface area contributed by atoms with E-state index < -0.39 is 16.8 Å². The Balaban J connectivity index is 2.51. The second kappa shape index (κ2) is 13.5. The van der Waals surface area contributed by atoms with Crippen molar-refractivity contribution in [1.29, 1.82) is 0 Å². The van der Waals surface area contributed by atoms with Gasteiger partial charge in [-0.25, -0.2) is 0 Å². The van der Waals surface area contributed by atoms with Crippen molar-refractivity contribution in [3.63, 3.8) is 0 Å². The average Bonchev–Trinajstić information content (AvgIpc) is 3.15. The Morgan fingerprint density at radius 1 is 0.833 bits per heavy atom. The van der Waals surface area contributed by atoms with Crippen LogP contribution in [0.25, 0.3) is 0 Å². The van der Waals surface area contributed by atoms with Gasteiger partial charge < -0.3 is 24.8 Å². The second-order valence-corrected chi connectivity index (χ2v) is 12.0. The largest absolute Gasteiger partial charge is 0.375 e. The van der Waals surface area contributed by atoms with Crippen molar-refractivity contribution >= 4 is 11.8 Å². The molecule has 1 heterocycles. The molecule has 1 aromatic heterocycles. The first kappa shape index (κ1) is 32.0. The van der Waals surface area contributed by atoms with Crippen molar-refractivity contribution in [3.8, 4) is 0 Å². The normalized spacial score (nSPS) is 13.1. The van der Waals surface area contributed by atoms with Gasteiger partial charge in [0.15, 0.2) is 0 Å². The molecule has 0 aromatic carbocycles. The number of nitrogens with one attached hydrogen (secondary N) is 2. The minimum Gasteiger partial charge on any atom is -0.375 e. The van der Waals surface area contributed by atoms with Gasteiger partial charge in [0.2, 0.25) is 11.8 Å². The zero-order valence-corrected chi connectivity index (χ0v) is 24.1. The van der Waals surface area contributed by atoms with Gasteiger partial charge in [0, 0.05) is 39.9 Å². The van der Waals surface area contributed by atoms with E-state index in [4.69, 9.17) is 14.2 Å². The first-order valence-corrected chi connectivity index (χ1v) is 12.7. The molecule has 0 aliphatic carbocycles. The third kappa shape index (κ3) is 13.3. The van der Waals surface area contributed by atoms with E-state index in [1.165, 1.54) is 0 Å². The van der Waals surface area contributed by atoms with E-state index in [1.54, 1.807) is 14.1 Å². The first-order valence-electron chi connectivity index (χ1n) is 12.7. The quantitative estimate of drug-likeness (QED) is 0.330. The predicted molar refractivity (Wildman–Crippen MR) is 140 cm³/mol. The van der Waals surface area contributed by atoms with Crippen molar-refractivity contribution in [2.45, 2.75) is 104 Å². The minimum atomic E-state index is -0.506. The molecule has 1 aromatic rings. The van der Waals surface area contributed by atoms with E-state index in [9.17, 15) is 9.59 Å². The number of aromatic nitrogens is 3. The second-order valence-electron chi connectivity index (χ2n) is 12.0. The zero-order chi connectivity index (χ0) is 27.6. The molecule has 0 saturated heterocycles. The molecule has 0 atom stereocenters. The molecule has 1 rings (SSSR count). The number of rotatable bonds is 17. The van der Waals surface area contributed by atoms with Crippen molar-refractivity contribution in [1.82, 2.24) is 25.6 Å². The molecular weight excluding hydrogens is 462 g/mol. The molecule has 0 spiro atoms. The lowest BCUT2D eigenvalue weighted by molar-refractivity contribution is -0.133. The monoisotopic (exact) mass is 511 g/mol. The fourth-order valence-corrected chi connectivity index (χ4v) is 3.61. The molecule has 10 nitrogen and oxygen atoms in total. The molecular formula is C26H49N5O5. The number of amides is 2. The number of hydrogen-bond donors (Lipinski definition) is 2. The number of carbonyl (C=O) groups is 2. The Labute approximate surface area is 217 Å². The number of nitrogens with zero attached hydrogens (tertiary/aromatic N) is 3. The van der Waals surface area contributed by atoms with Crippen LogP contribution in [0.15, 0.2) is 6.20 Å². The topological polar surface area (TPSA) is 117 Å². The van der Waals surface area contributed by atoms with Gasteiger partial charge in [0.05, 0.1) is 35.5 Å². The summed E-state index contributed by atoms with van der Waals surface area (Å²) >= 11 is 0. The maximum atomic E-state index is 11.7. The molecule has 2 amide bonds. The number of ether oxygens (including phenoxy) is 3. The lowest BCUT2D eigenvalue weighted by Gasteiger charge is -2.29. The van der Waals surface area contributed by atoms with Gasteiger partial charge in [-0.05, 0) is 59.8 Å². The van der Waals surface area contributed by atoms with Gasteiger partial charge in [0.25, 0.3) is 0 Å². The van der Waals surface area contributed by atoms with Gasteiger partial charge >= 0.3 is 0 Å². The third-order valence-corrected chi connectivity index (χ3v) is 5.99. The summed E-state index contributed by atoms with van der Waals surface area (Å²) in [5.74, 6) is -0.174. The molecule has 10 heteroatoms. The highest BCUT2D eigenvalue weighted by atomic mass is 16.5. The van der Waals surface area contributed by atoms with Crippen molar-refractivity contribution in [2.75, 3.05) is 33.9 Å². The van der Waals surface area contributed by atoms with E-state index in [0.717, 1.165) is 12.1 Å². The number of likely N-dealkylation sites (N-methyl/N-ethyl adjacent to an activating group) is 1. The van der Waals surface area contributed by atoms with Crippen molar-refractivity contribution in [3.05, 3.63) is 11.9 Å². The van der Waals surface area contributed by atoms with E-state index in [0.29, 0.717) is 39.0 Å². The first-order chi connectivity index (χ1) is 16.5. The molecule has 208 valence electrons. The zero-order valence-electron chi connectivity index (χ0n) is 24.1. The Morgan fingerprint density at radius 2 is 1.42 bits per heavy atom. The number of carbonyl (C=O) groups excluding carboxylic acids is 2. The predicted octanol–water partition coefficient (Wildman–Crippen LogP) is 2.89. The highest BCUT2D eigenvalue weighted by Gasteiger charge is 2.27. The molecule has 36 heavy (non-hydrogen) atoms. The van der Waals surface area contributed by atoms with Crippen molar-refractivity contribution in [2.24, 2.45) is 5.41 Å². The Hall–Kier alpha value is -2.04. The molecule has 0 saturated carbocycles. The minimum absolute atomic E-state index is 0.0284. The molecule has 0 fully saturated rings. The maximum Gasteiger partial charge on any atom is 0.245 e. The number of hydrogen-bond acceptors (Lipinski definition) is 7. The van der Waals surface area contributed by atoms with E-state index >= 15 is 0 Å². The summed E-state index contributed by atoms with van der Waals surface area (Å²) in [5, 5.41) is 13.9. The third-order valence-electron chi connectivity index (χ3n) is 5.99. The fraction of sp³-hybridized carbons (Fsp3) is 0.846. The van der Waals surface area contributed by atoms with E-state index in [2.05, 4.69) is 34.8 Å². The van der Waals surface area contributed by atoms with Gasteiger partial charge in [-0.2, -0.15) is 0 Å². The Bertz CT molecular complexity index is 832. The van der Waals surface area contributed by atoms with Crippen LogP contribution in [0.5, 0.6) is 0 Å². The van der Waals surface area contributed by atoms with Crippen LogP contribution in [0.4, 0.5) is 0 Å². The fourth-order valence-electron chi connectivity index (χ4n) is 3.61. The molecule has 0 bridgehead atoms. The molecule has 0 aliphatic rings. The Morgan fingerprint density at radius 3 is 2.03 bits per heavy atom. The average molecular weight is 512 g/mol. The van der Waals surface area contributed by atoms with Crippen LogP contribution in [0, 0.1) is 5.41 Å². The summed E-state index contributed by atoms with van der Waals surface area (Å²) in [6.45, 7) is 18.0. The SMILES string of the molecule is CNC(=O)COC(C)(C)CCOC(C)(C)Cc1cn(CC(C)(C)CCOC(C)(C)CC(=O)NC)nn1. The Kier molecular flexibility index (Phi) is 12.0. The van der Waals surface area contributed by atoms with Crippen LogP contribution < -0.4 is 10.6 Å². The molecule has 0 radical (unpaired) electrons. The van der Waals surface area contributed by atoms with Crippen LogP contribution in [-0.4, -0.2) is 77.5 Å². The summed E-state index contributed by atoms with van der Waals surface area (Å²) in [6.07, 6.45) is 4.42. The highest BCUT2D eigenvalue weighted by molar-refractivity contribution is 5.77. The molecule has 0 unspecified atom stereocenters. The van der Waals surface area contributed by atoms with Crippen molar-refractivity contribution < 1.29 is 23.8 Å². The van der Waals surface area contributed by atoms with Gasteiger partial charge in [-0.3, -0.25) is 14.3 Å². The standard InChI is InChI=1S/C26H49N5O5/c1-23(2,11-13-34-26(7,8)16-21(32)27-9)19-31-17-20(29-30-31)15-25(5,6)35-14-12-24(3,4)36-18-22(33)28-10/h17H,11-16,18-19H2,1-10H3,(H,27,32)(H,28,33). The van der Waals surface area contributed by atoms with Gasteiger partial charge in [-0.15, -0.1) is 5.10 Å². The smallest absolute Gasteiger partial charge is 0.245 e. The van der Waals surface area contributed by atoms with Gasteiger partial charge in [0.1, 0.15) is 6.61 Å². The summed E-state index contributed by atoms with van der Waals surface area (Å²) in [6, 6.07) is 0. The van der Waals surface area contributed by atoms with Gasteiger partial charge in [-0.1, -0.05) is 19.1 Å². The summed E-state index contributed by atoms with van der Waals surface area (Å²) in [4.78, 5) is 23.1. The van der Waals surface area contributed by atoms with E-state index in [-0.39, 0.29) is 23.8 Å². The van der Waals surface area contributed by atoms with Crippen LogP contribution in [-0.2, 0) is 36.8 Å². The van der Waals surface area contributed by atoms with Crippen LogP contribution in [0.2, 0.25) is 0 Å². The maximum absolute atomic E-state index is 11.7. The van der Waals surface area contributed by atoms with Crippen LogP contribution in [0.1, 0.15) is 80.3 Å². The van der Waals surface area contributed by atoms with E-state index in [1.807, 2.05) is 52.4 Å². The summed E-state index contributed by atoms with van der Waals surface area (Å²) in [7, 11) is 3.23. The molecule has 0 aliphatic heterocycles. The molecule has 2 N–H and O–H groups in total. The summed E-state index contributed by atoms with van der Waals surface area (Å²) < 4.78 is 19.7. The lowest BCUT2D eigenvalue weighted by Crippen LogP contribution is -2.35.